The van der Waals surface area contributed by atoms with Crippen LogP contribution in [0.25, 0.3) is 0 Å². The Morgan fingerprint density at radius 2 is 1.79 bits per heavy atom. The predicted molar refractivity (Wildman–Crippen MR) is 129 cm³/mol. The fourth-order valence-corrected chi connectivity index (χ4v) is 4.00. The lowest BCUT2D eigenvalue weighted by Gasteiger charge is -2.36. The van der Waals surface area contributed by atoms with E-state index in [0.29, 0.717) is 39.1 Å². The molecule has 1 fully saturated rings. The van der Waals surface area contributed by atoms with E-state index in [2.05, 4.69) is 31.0 Å². The molecule has 1 aliphatic rings. The van der Waals surface area contributed by atoms with Gasteiger partial charge in [-0.3, -0.25) is 10.1 Å². The number of nitro benzene ring substituents is 1. The summed E-state index contributed by atoms with van der Waals surface area (Å²) in [7, 11) is 0. The number of rotatable bonds is 8. The number of nitrogens with one attached hydrogen (secondary N) is 1. The SMILES string of the molecule is CCNC(=O)N1CCN(c2nc([C@@H](C)CC)nc(CC)c2Cc2ccc([N+](=O)[O-])cc2)CC1. The third-order valence-electron chi connectivity index (χ3n) is 6.20. The largest absolute Gasteiger partial charge is 0.353 e. The molecule has 1 saturated heterocycles. The lowest BCUT2D eigenvalue weighted by atomic mass is 10.00. The van der Waals surface area contributed by atoms with E-state index in [4.69, 9.17) is 9.97 Å². The fourth-order valence-electron chi connectivity index (χ4n) is 4.00. The number of carbonyl (C=O) groups is 1. The molecular weight excluding hydrogens is 420 g/mol. The number of hydrogen-bond acceptors (Lipinski definition) is 6. The molecule has 1 atom stereocenters. The zero-order valence-corrected chi connectivity index (χ0v) is 20.0. The number of amides is 2. The van der Waals surface area contributed by atoms with Crippen molar-refractivity contribution < 1.29 is 9.72 Å². The number of aromatic nitrogens is 2. The highest BCUT2D eigenvalue weighted by molar-refractivity contribution is 5.74. The quantitative estimate of drug-likeness (QED) is 0.479. The molecule has 0 saturated carbocycles. The van der Waals surface area contributed by atoms with E-state index in [9.17, 15) is 14.9 Å². The van der Waals surface area contributed by atoms with Crippen molar-refractivity contribution in [3.8, 4) is 0 Å². The number of non-ortho nitro benzene ring substituents is 1. The zero-order chi connectivity index (χ0) is 24.0. The Morgan fingerprint density at radius 1 is 1.12 bits per heavy atom. The molecule has 178 valence electrons. The molecule has 0 spiro atoms. The monoisotopic (exact) mass is 454 g/mol. The molecule has 1 aliphatic heterocycles. The molecule has 33 heavy (non-hydrogen) atoms. The maximum Gasteiger partial charge on any atom is 0.317 e. The van der Waals surface area contributed by atoms with Crippen LogP contribution in [0.5, 0.6) is 0 Å². The minimum atomic E-state index is -0.384. The van der Waals surface area contributed by atoms with Crippen molar-refractivity contribution in [1.29, 1.82) is 0 Å². The molecule has 2 aromatic rings. The number of aryl methyl sites for hydroxylation is 1. The number of hydrogen-bond donors (Lipinski definition) is 1. The van der Waals surface area contributed by atoms with Gasteiger partial charge in [-0.25, -0.2) is 14.8 Å². The summed E-state index contributed by atoms with van der Waals surface area (Å²) in [5.74, 6) is 2.02. The van der Waals surface area contributed by atoms with Crippen LogP contribution in [0, 0.1) is 10.1 Å². The van der Waals surface area contributed by atoms with Gasteiger partial charge in [-0.2, -0.15) is 0 Å². The van der Waals surface area contributed by atoms with E-state index < -0.39 is 0 Å². The van der Waals surface area contributed by atoms with E-state index in [1.54, 1.807) is 24.3 Å². The molecule has 3 rings (SSSR count). The van der Waals surface area contributed by atoms with E-state index in [1.165, 1.54) is 0 Å². The Bertz CT molecular complexity index is 971. The maximum atomic E-state index is 12.2. The van der Waals surface area contributed by atoms with Crippen molar-refractivity contribution in [3.05, 3.63) is 57.0 Å². The molecule has 0 bridgehead atoms. The number of piperazine rings is 1. The minimum Gasteiger partial charge on any atom is -0.353 e. The molecule has 2 amide bonds. The first-order chi connectivity index (χ1) is 15.9. The van der Waals surface area contributed by atoms with E-state index in [-0.39, 0.29) is 22.6 Å². The van der Waals surface area contributed by atoms with Crippen LogP contribution in [0.3, 0.4) is 0 Å². The normalized spacial score (nSPS) is 14.8. The summed E-state index contributed by atoms with van der Waals surface area (Å²) < 4.78 is 0. The number of carbonyl (C=O) groups excluding carboxylic acids is 1. The number of nitro groups is 1. The summed E-state index contributed by atoms with van der Waals surface area (Å²) in [5.41, 5.74) is 3.14. The number of anilines is 1. The fraction of sp³-hybridized carbons (Fsp3) is 0.542. The Morgan fingerprint density at radius 3 is 2.33 bits per heavy atom. The van der Waals surface area contributed by atoms with Crippen molar-refractivity contribution in [2.45, 2.75) is 52.9 Å². The van der Waals surface area contributed by atoms with Crippen LogP contribution in [-0.2, 0) is 12.8 Å². The Labute approximate surface area is 195 Å². The van der Waals surface area contributed by atoms with Crippen LogP contribution in [0.15, 0.2) is 24.3 Å². The van der Waals surface area contributed by atoms with Crippen LogP contribution in [0.2, 0.25) is 0 Å². The summed E-state index contributed by atoms with van der Waals surface area (Å²) in [5, 5.41) is 13.9. The third-order valence-corrected chi connectivity index (χ3v) is 6.20. The average molecular weight is 455 g/mol. The molecule has 1 N–H and O–H groups in total. The van der Waals surface area contributed by atoms with Crippen molar-refractivity contribution in [2.75, 3.05) is 37.6 Å². The first kappa shape index (κ1) is 24.4. The third kappa shape index (κ3) is 5.77. The Hall–Kier alpha value is -3.23. The summed E-state index contributed by atoms with van der Waals surface area (Å²) in [6.07, 6.45) is 2.34. The van der Waals surface area contributed by atoms with Crippen LogP contribution in [0.4, 0.5) is 16.3 Å². The van der Waals surface area contributed by atoms with Crippen molar-refractivity contribution in [2.24, 2.45) is 0 Å². The molecule has 2 heterocycles. The summed E-state index contributed by atoms with van der Waals surface area (Å²) in [6.45, 7) is 11.6. The highest BCUT2D eigenvalue weighted by Gasteiger charge is 2.26. The van der Waals surface area contributed by atoms with Gasteiger partial charge in [-0.05, 0) is 25.3 Å². The van der Waals surface area contributed by atoms with Gasteiger partial charge in [-0.1, -0.05) is 32.9 Å². The van der Waals surface area contributed by atoms with E-state index in [1.807, 2.05) is 11.8 Å². The van der Waals surface area contributed by atoms with Crippen LogP contribution < -0.4 is 10.2 Å². The summed E-state index contributed by atoms with van der Waals surface area (Å²) in [6, 6.07) is 6.66. The van der Waals surface area contributed by atoms with Crippen LogP contribution in [0.1, 0.15) is 62.7 Å². The number of nitrogens with zero attached hydrogens (tertiary/aromatic N) is 5. The molecule has 1 aromatic heterocycles. The number of benzene rings is 1. The second-order valence-electron chi connectivity index (χ2n) is 8.40. The molecule has 0 aliphatic carbocycles. The van der Waals surface area contributed by atoms with Gasteiger partial charge >= 0.3 is 6.03 Å². The topological polar surface area (TPSA) is 104 Å². The minimum absolute atomic E-state index is 0.0273. The molecular formula is C24H34N6O3. The predicted octanol–water partition coefficient (Wildman–Crippen LogP) is 3.90. The number of urea groups is 1. The summed E-state index contributed by atoms with van der Waals surface area (Å²) >= 11 is 0. The van der Waals surface area contributed by atoms with Crippen LogP contribution in [-0.4, -0.2) is 58.5 Å². The lowest BCUT2D eigenvalue weighted by Crippen LogP contribution is -2.52. The molecule has 9 heteroatoms. The van der Waals surface area contributed by atoms with E-state index in [0.717, 1.165) is 41.3 Å². The van der Waals surface area contributed by atoms with E-state index >= 15 is 0 Å². The second-order valence-corrected chi connectivity index (χ2v) is 8.40. The van der Waals surface area contributed by atoms with Gasteiger partial charge in [0.1, 0.15) is 11.6 Å². The first-order valence-electron chi connectivity index (χ1n) is 11.8. The average Bonchev–Trinajstić information content (AvgIpc) is 2.84. The molecule has 0 radical (unpaired) electrons. The van der Waals surface area contributed by atoms with Gasteiger partial charge in [-0.15, -0.1) is 0 Å². The van der Waals surface area contributed by atoms with Crippen molar-refractivity contribution in [1.82, 2.24) is 20.2 Å². The Kier molecular flexibility index (Phi) is 8.19. The Balaban J connectivity index is 1.94. The van der Waals surface area contributed by atoms with Gasteiger partial charge in [0.05, 0.1) is 4.92 Å². The van der Waals surface area contributed by atoms with Crippen molar-refractivity contribution >= 4 is 17.5 Å². The molecule has 9 nitrogen and oxygen atoms in total. The second kappa shape index (κ2) is 11.1. The molecule has 1 aromatic carbocycles. The zero-order valence-electron chi connectivity index (χ0n) is 20.0. The van der Waals surface area contributed by atoms with Gasteiger partial charge in [0.25, 0.3) is 5.69 Å². The summed E-state index contributed by atoms with van der Waals surface area (Å²) in [4.78, 5) is 36.9. The van der Waals surface area contributed by atoms with Crippen LogP contribution >= 0.6 is 0 Å². The first-order valence-corrected chi connectivity index (χ1v) is 11.8. The van der Waals surface area contributed by atoms with Gasteiger partial charge in [0, 0.05) is 68.5 Å². The molecule has 0 unspecified atom stereocenters. The van der Waals surface area contributed by atoms with Gasteiger partial charge < -0.3 is 15.1 Å². The van der Waals surface area contributed by atoms with Gasteiger partial charge in [0.2, 0.25) is 0 Å². The highest BCUT2D eigenvalue weighted by atomic mass is 16.6. The van der Waals surface area contributed by atoms with Gasteiger partial charge in [0.15, 0.2) is 0 Å². The standard InChI is InChI=1S/C24H34N6O3/c1-5-17(4)22-26-21(6-2)20(16-18-8-10-19(11-9-18)30(32)33)23(27-22)28-12-14-29(15-13-28)24(31)25-7-3/h8-11,17H,5-7,12-16H2,1-4H3,(H,25,31)/t17-/m0/s1. The maximum absolute atomic E-state index is 12.2. The smallest absolute Gasteiger partial charge is 0.317 e. The van der Waals surface area contributed by atoms with Crippen molar-refractivity contribution in [3.63, 3.8) is 0 Å². The lowest BCUT2D eigenvalue weighted by molar-refractivity contribution is -0.384. The highest BCUT2D eigenvalue weighted by Crippen LogP contribution is 2.29.